The van der Waals surface area contributed by atoms with Gasteiger partial charge in [-0.05, 0) is 37.7 Å². The maximum atomic E-state index is 13.2. The second-order valence-electron chi connectivity index (χ2n) is 6.70. The third-order valence-corrected chi connectivity index (χ3v) is 6.90. The van der Waals surface area contributed by atoms with E-state index in [2.05, 4.69) is 20.5 Å². The average molecular weight is 420 g/mol. The van der Waals surface area contributed by atoms with Crippen molar-refractivity contribution in [3.8, 4) is 0 Å². The minimum absolute atomic E-state index is 0.135. The van der Waals surface area contributed by atoms with Crippen molar-refractivity contribution < 1.29 is 9.53 Å². The molecule has 3 aromatic rings. The lowest BCUT2D eigenvalue weighted by Crippen LogP contribution is -2.33. The van der Waals surface area contributed by atoms with E-state index in [9.17, 15) is 9.59 Å². The maximum Gasteiger partial charge on any atom is 0.263 e. The Morgan fingerprint density at radius 2 is 2.14 bits per heavy atom. The molecule has 28 heavy (non-hydrogen) atoms. The number of rotatable bonds is 6. The van der Waals surface area contributed by atoms with E-state index in [0.717, 1.165) is 36.1 Å². The van der Waals surface area contributed by atoms with Gasteiger partial charge in [0.25, 0.3) is 5.56 Å². The summed E-state index contributed by atoms with van der Waals surface area (Å²) in [5.74, 6) is -0.296. The lowest BCUT2D eigenvalue weighted by molar-refractivity contribution is -0.119. The Morgan fingerprint density at radius 3 is 2.93 bits per heavy atom. The first-order chi connectivity index (χ1) is 13.6. The number of carbonyl (C=O) groups is 1. The summed E-state index contributed by atoms with van der Waals surface area (Å²) in [6.07, 6.45) is 6.12. The topological polar surface area (TPSA) is 99.0 Å². The molecular formula is C18H21N5O3S2. The first-order valence-electron chi connectivity index (χ1n) is 9.26. The summed E-state index contributed by atoms with van der Waals surface area (Å²) < 4.78 is 6.48. The normalized spacial score (nSPS) is 14.8. The van der Waals surface area contributed by atoms with Crippen molar-refractivity contribution in [2.75, 3.05) is 12.4 Å². The highest BCUT2D eigenvalue weighted by atomic mass is 32.1. The Morgan fingerprint density at radius 1 is 1.32 bits per heavy atom. The van der Waals surface area contributed by atoms with E-state index in [1.807, 2.05) is 6.92 Å². The molecule has 0 aliphatic heterocycles. The molecule has 0 fully saturated rings. The van der Waals surface area contributed by atoms with E-state index < -0.39 is 6.04 Å². The second kappa shape index (κ2) is 8.06. The quantitative estimate of drug-likeness (QED) is 0.660. The number of thiophene rings is 1. The SMILES string of the molecule is CCC(C(=O)Nc1nnc(COC)s1)n1cnc2sc3c(c2c1=O)CCCC3. The van der Waals surface area contributed by atoms with Crippen LogP contribution in [0.4, 0.5) is 5.13 Å². The number of hydrogen-bond acceptors (Lipinski definition) is 8. The van der Waals surface area contributed by atoms with E-state index in [1.54, 1.807) is 18.4 Å². The predicted molar refractivity (Wildman–Crippen MR) is 109 cm³/mol. The fourth-order valence-electron chi connectivity index (χ4n) is 3.56. The van der Waals surface area contributed by atoms with Crippen LogP contribution in [0.2, 0.25) is 0 Å². The van der Waals surface area contributed by atoms with Crippen LogP contribution in [0.25, 0.3) is 10.2 Å². The van der Waals surface area contributed by atoms with Crippen LogP contribution in [0.15, 0.2) is 11.1 Å². The van der Waals surface area contributed by atoms with Crippen molar-refractivity contribution in [2.24, 2.45) is 0 Å². The van der Waals surface area contributed by atoms with Crippen LogP contribution in [0.1, 0.15) is 47.7 Å². The Bertz CT molecular complexity index is 1070. The van der Waals surface area contributed by atoms with Crippen LogP contribution in [-0.2, 0) is 29.0 Å². The first-order valence-corrected chi connectivity index (χ1v) is 10.9. The summed E-state index contributed by atoms with van der Waals surface area (Å²) in [6.45, 7) is 2.22. The number of aromatic nitrogens is 4. The van der Waals surface area contributed by atoms with Crippen LogP contribution < -0.4 is 10.9 Å². The van der Waals surface area contributed by atoms with Gasteiger partial charge in [0.15, 0.2) is 0 Å². The molecule has 1 N–H and O–H groups in total. The molecule has 3 heterocycles. The van der Waals surface area contributed by atoms with Crippen molar-refractivity contribution in [1.29, 1.82) is 0 Å². The van der Waals surface area contributed by atoms with E-state index in [1.165, 1.54) is 27.1 Å². The van der Waals surface area contributed by atoms with Gasteiger partial charge in [-0.1, -0.05) is 18.3 Å². The molecule has 8 nitrogen and oxygen atoms in total. The van der Waals surface area contributed by atoms with Gasteiger partial charge in [0.2, 0.25) is 11.0 Å². The fourth-order valence-corrected chi connectivity index (χ4v) is 5.50. The summed E-state index contributed by atoms with van der Waals surface area (Å²) in [5.41, 5.74) is 0.991. The van der Waals surface area contributed by atoms with Gasteiger partial charge >= 0.3 is 0 Å². The number of ether oxygens (including phenoxy) is 1. The Balaban J connectivity index is 1.65. The van der Waals surface area contributed by atoms with Crippen LogP contribution in [-0.4, -0.2) is 32.8 Å². The summed E-state index contributed by atoms with van der Waals surface area (Å²) >= 11 is 2.86. The zero-order valence-electron chi connectivity index (χ0n) is 15.7. The predicted octanol–water partition coefficient (Wildman–Crippen LogP) is 2.92. The van der Waals surface area contributed by atoms with E-state index in [-0.39, 0.29) is 11.5 Å². The molecule has 0 saturated heterocycles. The lowest BCUT2D eigenvalue weighted by atomic mass is 9.97. The molecule has 4 rings (SSSR count). The van der Waals surface area contributed by atoms with Crippen molar-refractivity contribution in [3.05, 3.63) is 32.1 Å². The minimum atomic E-state index is -0.654. The molecule has 0 aromatic carbocycles. The fraction of sp³-hybridized carbons (Fsp3) is 0.500. The number of methoxy groups -OCH3 is 1. The smallest absolute Gasteiger partial charge is 0.263 e. The number of nitrogens with zero attached hydrogens (tertiary/aromatic N) is 4. The Hall–Kier alpha value is -2.17. The number of anilines is 1. The number of hydrogen-bond donors (Lipinski definition) is 1. The van der Waals surface area contributed by atoms with Gasteiger partial charge in [-0.3, -0.25) is 19.5 Å². The minimum Gasteiger partial charge on any atom is -0.377 e. The van der Waals surface area contributed by atoms with Gasteiger partial charge < -0.3 is 4.74 Å². The highest BCUT2D eigenvalue weighted by Crippen LogP contribution is 2.33. The van der Waals surface area contributed by atoms with Gasteiger partial charge in [0.1, 0.15) is 22.5 Å². The molecule has 1 atom stereocenters. The van der Waals surface area contributed by atoms with Gasteiger partial charge in [-0.15, -0.1) is 21.5 Å². The highest BCUT2D eigenvalue weighted by Gasteiger charge is 2.25. The molecule has 0 radical (unpaired) electrons. The zero-order valence-corrected chi connectivity index (χ0v) is 17.4. The molecule has 0 saturated carbocycles. The first kappa shape index (κ1) is 19.2. The largest absolute Gasteiger partial charge is 0.377 e. The third kappa shape index (κ3) is 3.47. The molecule has 10 heteroatoms. The Kier molecular flexibility index (Phi) is 5.51. The van der Waals surface area contributed by atoms with Crippen molar-refractivity contribution >= 4 is 43.9 Å². The summed E-state index contributed by atoms with van der Waals surface area (Å²) in [4.78, 5) is 32.6. The number of nitrogens with one attached hydrogen (secondary N) is 1. The molecular weight excluding hydrogens is 398 g/mol. The van der Waals surface area contributed by atoms with Crippen LogP contribution in [0, 0.1) is 0 Å². The van der Waals surface area contributed by atoms with Crippen LogP contribution in [0.5, 0.6) is 0 Å². The van der Waals surface area contributed by atoms with Crippen LogP contribution >= 0.6 is 22.7 Å². The van der Waals surface area contributed by atoms with Gasteiger partial charge in [-0.2, -0.15) is 0 Å². The summed E-state index contributed by atoms with van der Waals surface area (Å²) in [7, 11) is 1.57. The molecule has 0 spiro atoms. The molecule has 1 unspecified atom stereocenters. The molecule has 1 aliphatic rings. The standard InChI is InChI=1S/C18H21N5O3S2/c1-3-11(15(24)20-18-22-21-13(28-18)8-26-2)23-9-19-16-14(17(23)25)10-6-4-5-7-12(10)27-16/h9,11H,3-8H2,1-2H3,(H,20,22,24). The monoisotopic (exact) mass is 419 g/mol. The van der Waals surface area contributed by atoms with E-state index >= 15 is 0 Å². The zero-order chi connectivity index (χ0) is 19.7. The number of carbonyl (C=O) groups excluding carboxylic acids is 1. The summed E-state index contributed by atoms with van der Waals surface area (Å²) in [6, 6.07) is -0.654. The van der Waals surface area contributed by atoms with Crippen LogP contribution in [0.3, 0.4) is 0 Å². The second-order valence-corrected chi connectivity index (χ2v) is 8.84. The van der Waals surface area contributed by atoms with Crippen molar-refractivity contribution in [2.45, 2.75) is 51.7 Å². The van der Waals surface area contributed by atoms with Crippen molar-refractivity contribution in [1.82, 2.24) is 19.7 Å². The average Bonchev–Trinajstić information content (AvgIpc) is 3.28. The third-order valence-electron chi connectivity index (χ3n) is 4.89. The molecule has 148 valence electrons. The highest BCUT2D eigenvalue weighted by molar-refractivity contribution is 7.18. The lowest BCUT2D eigenvalue weighted by Gasteiger charge is -2.17. The van der Waals surface area contributed by atoms with E-state index in [0.29, 0.717) is 28.6 Å². The number of fused-ring (bicyclic) bond motifs is 3. The molecule has 1 amide bonds. The molecule has 1 aliphatic carbocycles. The molecule has 3 aromatic heterocycles. The summed E-state index contributed by atoms with van der Waals surface area (Å²) in [5, 5.41) is 12.5. The van der Waals surface area contributed by atoms with Crippen molar-refractivity contribution in [3.63, 3.8) is 0 Å². The molecule has 0 bridgehead atoms. The Labute approximate surface area is 169 Å². The number of amides is 1. The van der Waals surface area contributed by atoms with Gasteiger partial charge in [0, 0.05) is 12.0 Å². The maximum absolute atomic E-state index is 13.2. The van der Waals surface area contributed by atoms with E-state index in [4.69, 9.17) is 4.74 Å². The van der Waals surface area contributed by atoms with Gasteiger partial charge in [0.05, 0.1) is 11.7 Å². The van der Waals surface area contributed by atoms with Gasteiger partial charge in [-0.25, -0.2) is 4.98 Å². The number of aryl methyl sites for hydroxylation is 2.